The monoisotopic (exact) mass is 179 g/mol. The maximum Gasteiger partial charge on any atom is 0.162 e. The summed E-state index contributed by atoms with van der Waals surface area (Å²) in [5, 5.41) is 18.6. The third-order valence-electron chi connectivity index (χ3n) is 1.87. The van der Waals surface area contributed by atoms with Crippen molar-refractivity contribution in [1.29, 1.82) is 0 Å². The largest absolute Gasteiger partial charge is 0.504 e. The number of rotatable bonds is 3. The van der Waals surface area contributed by atoms with Gasteiger partial charge in [0.1, 0.15) is 0 Å². The molecule has 0 aromatic heterocycles. The summed E-state index contributed by atoms with van der Waals surface area (Å²) in [7, 11) is 0. The molecule has 0 aliphatic carbocycles. The van der Waals surface area contributed by atoms with Crippen LogP contribution in [0.2, 0.25) is 0 Å². The van der Waals surface area contributed by atoms with E-state index in [-0.39, 0.29) is 17.5 Å². The molecule has 4 N–H and O–H groups in total. The van der Waals surface area contributed by atoms with Gasteiger partial charge in [0.05, 0.1) is 0 Å². The number of para-hydroxylation sites is 1. The maximum atomic E-state index is 9.43. The van der Waals surface area contributed by atoms with Crippen LogP contribution in [0, 0.1) is 0 Å². The van der Waals surface area contributed by atoms with Crippen molar-refractivity contribution in [1.82, 2.24) is 0 Å². The first-order valence-electron chi connectivity index (χ1n) is 4.04. The van der Waals surface area contributed by atoms with Gasteiger partial charge in [-0.25, -0.2) is 0 Å². The van der Waals surface area contributed by atoms with Gasteiger partial charge in [0.15, 0.2) is 11.5 Å². The van der Waals surface area contributed by atoms with Gasteiger partial charge in [-0.3, -0.25) is 0 Å². The molecule has 3 heteroatoms. The Morgan fingerprint density at radius 1 is 1.46 bits per heavy atom. The van der Waals surface area contributed by atoms with Gasteiger partial charge in [-0.2, -0.15) is 0 Å². The van der Waals surface area contributed by atoms with E-state index in [2.05, 4.69) is 6.58 Å². The Hall–Kier alpha value is -1.48. The van der Waals surface area contributed by atoms with Crippen molar-refractivity contribution in [3.63, 3.8) is 0 Å². The fraction of sp³-hybridized carbons (Fsp3) is 0.200. The first-order chi connectivity index (χ1) is 6.16. The Labute approximate surface area is 77.1 Å². The van der Waals surface area contributed by atoms with Crippen LogP contribution in [-0.4, -0.2) is 10.2 Å². The first-order valence-corrected chi connectivity index (χ1v) is 4.04. The Morgan fingerprint density at radius 2 is 2.15 bits per heavy atom. The molecular formula is C10H13NO2. The number of hydrogen-bond acceptors (Lipinski definition) is 3. The molecule has 1 unspecified atom stereocenters. The highest BCUT2D eigenvalue weighted by molar-refractivity contribution is 5.45. The summed E-state index contributed by atoms with van der Waals surface area (Å²) in [4.78, 5) is 0. The lowest BCUT2D eigenvalue weighted by Gasteiger charge is -2.11. The zero-order valence-corrected chi connectivity index (χ0v) is 7.27. The van der Waals surface area contributed by atoms with E-state index in [9.17, 15) is 10.2 Å². The van der Waals surface area contributed by atoms with Crippen LogP contribution in [0.15, 0.2) is 30.9 Å². The average molecular weight is 179 g/mol. The molecule has 1 atom stereocenters. The van der Waals surface area contributed by atoms with Gasteiger partial charge in [0.25, 0.3) is 0 Å². The Bertz CT molecular complexity index is 310. The zero-order valence-electron chi connectivity index (χ0n) is 7.27. The molecule has 0 spiro atoms. The number of nitrogens with two attached hydrogens (primary N) is 1. The van der Waals surface area contributed by atoms with Crippen molar-refractivity contribution in [3.8, 4) is 11.5 Å². The molecule has 0 aliphatic rings. The molecule has 0 aliphatic heterocycles. The molecule has 3 nitrogen and oxygen atoms in total. The maximum absolute atomic E-state index is 9.43. The molecule has 0 radical (unpaired) electrons. The van der Waals surface area contributed by atoms with Crippen molar-refractivity contribution in [2.24, 2.45) is 5.73 Å². The van der Waals surface area contributed by atoms with Crippen LogP contribution in [0.4, 0.5) is 0 Å². The quantitative estimate of drug-likeness (QED) is 0.488. The van der Waals surface area contributed by atoms with Crippen LogP contribution < -0.4 is 5.73 Å². The lowest BCUT2D eigenvalue weighted by Crippen LogP contribution is -2.08. The summed E-state index contributed by atoms with van der Waals surface area (Å²) in [5.74, 6) is -0.283. The fourth-order valence-electron chi connectivity index (χ4n) is 1.15. The van der Waals surface area contributed by atoms with Crippen molar-refractivity contribution < 1.29 is 10.2 Å². The lowest BCUT2D eigenvalue weighted by molar-refractivity contribution is 0.396. The van der Waals surface area contributed by atoms with Gasteiger partial charge in [-0.1, -0.05) is 18.2 Å². The lowest BCUT2D eigenvalue weighted by atomic mass is 10.0. The van der Waals surface area contributed by atoms with Gasteiger partial charge in [0, 0.05) is 11.6 Å². The predicted octanol–water partition coefficient (Wildman–Crippen LogP) is 1.67. The number of benzene rings is 1. The molecule has 0 amide bonds. The molecule has 1 rings (SSSR count). The van der Waals surface area contributed by atoms with E-state index in [1.165, 1.54) is 6.07 Å². The highest BCUT2D eigenvalue weighted by atomic mass is 16.3. The molecule has 13 heavy (non-hydrogen) atoms. The summed E-state index contributed by atoms with van der Waals surface area (Å²) in [6.07, 6.45) is 2.24. The number of phenolic OH excluding ortho intramolecular Hbond substituents is 2. The van der Waals surface area contributed by atoms with E-state index in [1.54, 1.807) is 18.2 Å². The van der Waals surface area contributed by atoms with Crippen LogP contribution in [-0.2, 0) is 0 Å². The summed E-state index contributed by atoms with van der Waals surface area (Å²) in [5.41, 5.74) is 6.27. The van der Waals surface area contributed by atoms with Crippen LogP contribution in [0.25, 0.3) is 0 Å². The van der Waals surface area contributed by atoms with Crippen LogP contribution in [0.5, 0.6) is 11.5 Å². The van der Waals surface area contributed by atoms with Crippen LogP contribution in [0.3, 0.4) is 0 Å². The summed E-state index contributed by atoms with van der Waals surface area (Å²) < 4.78 is 0. The topological polar surface area (TPSA) is 66.5 Å². The van der Waals surface area contributed by atoms with E-state index in [1.807, 2.05) is 0 Å². The Kier molecular flexibility index (Phi) is 2.93. The fourth-order valence-corrected chi connectivity index (χ4v) is 1.15. The van der Waals surface area contributed by atoms with E-state index in [0.717, 1.165) is 0 Å². The number of hydrogen-bond donors (Lipinski definition) is 3. The van der Waals surface area contributed by atoms with Gasteiger partial charge in [-0.05, 0) is 12.5 Å². The molecule has 1 aromatic carbocycles. The predicted molar refractivity (Wildman–Crippen MR) is 51.5 cm³/mol. The Balaban J connectivity index is 3.00. The molecular weight excluding hydrogens is 166 g/mol. The molecule has 0 saturated carbocycles. The van der Waals surface area contributed by atoms with Crippen LogP contribution >= 0.6 is 0 Å². The average Bonchev–Trinajstić information content (AvgIpc) is 2.10. The minimum atomic E-state index is -0.315. The van der Waals surface area contributed by atoms with Crippen molar-refractivity contribution in [2.45, 2.75) is 12.5 Å². The van der Waals surface area contributed by atoms with Crippen LogP contribution in [0.1, 0.15) is 18.0 Å². The third kappa shape index (κ3) is 2.00. The second kappa shape index (κ2) is 3.96. The standard InChI is InChI=1S/C10H13NO2/c1-2-4-8(11)7-5-3-6-9(12)10(7)13/h2-3,5-6,8,12-13H,1,4,11H2. The molecule has 1 aromatic rings. The molecule has 0 heterocycles. The van der Waals surface area contributed by atoms with E-state index >= 15 is 0 Å². The summed E-state index contributed by atoms with van der Waals surface area (Å²) in [6.45, 7) is 3.55. The summed E-state index contributed by atoms with van der Waals surface area (Å²) >= 11 is 0. The van der Waals surface area contributed by atoms with Gasteiger partial charge < -0.3 is 15.9 Å². The number of phenols is 2. The van der Waals surface area contributed by atoms with Crippen molar-refractivity contribution in [2.75, 3.05) is 0 Å². The van der Waals surface area contributed by atoms with Crippen molar-refractivity contribution in [3.05, 3.63) is 36.4 Å². The van der Waals surface area contributed by atoms with E-state index in [0.29, 0.717) is 12.0 Å². The van der Waals surface area contributed by atoms with E-state index in [4.69, 9.17) is 5.73 Å². The first kappa shape index (κ1) is 9.61. The smallest absolute Gasteiger partial charge is 0.162 e. The highest BCUT2D eigenvalue weighted by Crippen LogP contribution is 2.32. The van der Waals surface area contributed by atoms with Crippen molar-refractivity contribution >= 4 is 0 Å². The second-order valence-corrected chi connectivity index (χ2v) is 2.85. The zero-order chi connectivity index (χ0) is 9.84. The van der Waals surface area contributed by atoms with E-state index < -0.39 is 0 Å². The Morgan fingerprint density at radius 3 is 2.77 bits per heavy atom. The highest BCUT2D eigenvalue weighted by Gasteiger charge is 2.11. The second-order valence-electron chi connectivity index (χ2n) is 2.85. The third-order valence-corrected chi connectivity index (χ3v) is 1.87. The van der Waals surface area contributed by atoms with Gasteiger partial charge in [-0.15, -0.1) is 6.58 Å². The molecule has 0 bridgehead atoms. The normalized spacial score (nSPS) is 12.4. The van der Waals surface area contributed by atoms with Gasteiger partial charge >= 0.3 is 0 Å². The minimum Gasteiger partial charge on any atom is -0.504 e. The number of aromatic hydroxyl groups is 2. The molecule has 70 valence electrons. The summed E-state index contributed by atoms with van der Waals surface area (Å²) in [6, 6.07) is 4.43. The SMILES string of the molecule is C=CCC(N)c1cccc(O)c1O. The molecule has 0 fully saturated rings. The minimum absolute atomic E-state index is 0.142. The molecule has 0 saturated heterocycles. The van der Waals surface area contributed by atoms with Gasteiger partial charge in [0.2, 0.25) is 0 Å².